The van der Waals surface area contributed by atoms with Gasteiger partial charge < -0.3 is 5.11 Å². The van der Waals surface area contributed by atoms with Crippen LogP contribution in [0.4, 0.5) is 13.2 Å². The highest BCUT2D eigenvalue weighted by Gasteiger charge is 2.29. The van der Waals surface area contributed by atoms with E-state index in [4.69, 9.17) is 0 Å². The monoisotopic (exact) mass is 260 g/mol. The summed E-state index contributed by atoms with van der Waals surface area (Å²) in [5, 5.41) is 10.1. The molecule has 18 heavy (non-hydrogen) atoms. The Balaban J connectivity index is 2.49. The SMILES string of the molecule is Cc1cccc(CC(C)(O)CCCC(F)(F)F)c1. The zero-order valence-electron chi connectivity index (χ0n) is 10.7. The average Bonchev–Trinajstić information content (AvgIpc) is 2.13. The molecule has 0 aliphatic heterocycles. The zero-order valence-corrected chi connectivity index (χ0v) is 10.7. The van der Waals surface area contributed by atoms with Crippen molar-refractivity contribution in [2.24, 2.45) is 0 Å². The van der Waals surface area contributed by atoms with Gasteiger partial charge in [0.1, 0.15) is 0 Å². The van der Waals surface area contributed by atoms with Gasteiger partial charge in [-0.05, 0) is 32.3 Å². The first-order chi connectivity index (χ1) is 8.18. The molecule has 1 atom stereocenters. The summed E-state index contributed by atoms with van der Waals surface area (Å²) in [6, 6.07) is 7.65. The number of hydrogen-bond acceptors (Lipinski definition) is 1. The molecule has 0 saturated heterocycles. The molecular weight excluding hydrogens is 241 g/mol. The summed E-state index contributed by atoms with van der Waals surface area (Å²) in [4.78, 5) is 0. The van der Waals surface area contributed by atoms with Gasteiger partial charge in [0.25, 0.3) is 0 Å². The lowest BCUT2D eigenvalue weighted by Gasteiger charge is -2.23. The molecule has 0 fully saturated rings. The van der Waals surface area contributed by atoms with E-state index in [1.54, 1.807) is 6.92 Å². The van der Waals surface area contributed by atoms with Crippen molar-refractivity contribution in [2.75, 3.05) is 0 Å². The van der Waals surface area contributed by atoms with Gasteiger partial charge in [0, 0.05) is 12.8 Å². The van der Waals surface area contributed by atoms with Crippen molar-refractivity contribution >= 4 is 0 Å². The number of halogens is 3. The summed E-state index contributed by atoms with van der Waals surface area (Å²) in [6.45, 7) is 3.54. The lowest BCUT2D eigenvalue weighted by Crippen LogP contribution is -2.27. The number of hydrogen-bond donors (Lipinski definition) is 1. The third kappa shape index (κ3) is 6.05. The summed E-state index contributed by atoms with van der Waals surface area (Å²) in [7, 11) is 0. The van der Waals surface area contributed by atoms with Crippen LogP contribution in [-0.2, 0) is 6.42 Å². The second kappa shape index (κ2) is 5.74. The van der Waals surface area contributed by atoms with Crippen LogP contribution >= 0.6 is 0 Å². The maximum Gasteiger partial charge on any atom is 0.389 e. The van der Waals surface area contributed by atoms with Crippen molar-refractivity contribution in [3.63, 3.8) is 0 Å². The normalized spacial score (nSPS) is 15.4. The van der Waals surface area contributed by atoms with Crippen LogP contribution in [0.3, 0.4) is 0 Å². The van der Waals surface area contributed by atoms with E-state index < -0.39 is 18.2 Å². The minimum atomic E-state index is -4.14. The van der Waals surface area contributed by atoms with Gasteiger partial charge in [-0.2, -0.15) is 13.2 Å². The van der Waals surface area contributed by atoms with Gasteiger partial charge in [0.2, 0.25) is 0 Å². The number of alkyl halides is 3. The molecule has 0 amide bonds. The number of aryl methyl sites for hydroxylation is 1. The second-order valence-electron chi connectivity index (χ2n) is 5.13. The van der Waals surface area contributed by atoms with E-state index in [9.17, 15) is 18.3 Å². The highest BCUT2D eigenvalue weighted by atomic mass is 19.4. The standard InChI is InChI=1S/C14H19F3O/c1-11-5-3-6-12(9-11)10-13(2,18)7-4-8-14(15,16)17/h3,5-6,9,18H,4,7-8,10H2,1-2H3. The first kappa shape index (κ1) is 15.0. The molecule has 102 valence electrons. The molecule has 1 aromatic rings. The smallest absolute Gasteiger partial charge is 0.389 e. The van der Waals surface area contributed by atoms with E-state index in [0.29, 0.717) is 6.42 Å². The fourth-order valence-electron chi connectivity index (χ4n) is 2.02. The average molecular weight is 260 g/mol. The first-order valence-corrected chi connectivity index (χ1v) is 6.03. The largest absolute Gasteiger partial charge is 0.390 e. The maximum absolute atomic E-state index is 12.0. The Kier molecular flexibility index (Phi) is 4.79. The third-order valence-corrected chi connectivity index (χ3v) is 2.84. The van der Waals surface area contributed by atoms with Gasteiger partial charge in [-0.15, -0.1) is 0 Å². The predicted molar refractivity (Wildman–Crippen MR) is 65.4 cm³/mol. The molecule has 4 heteroatoms. The van der Waals surface area contributed by atoms with Crippen molar-refractivity contribution in [2.45, 2.75) is 51.3 Å². The number of benzene rings is 1. The van der Waals surface area contributed by atoms with E-state index in [1.807, 2.05) is 31.2 Å². The highest BCUT2D eigenvalue weighted by molar-refractivity contribution is 5.23. The van der Waals surface area contributed by atoms with Crippen LogP contribution in [0.15, 0.2) is 24.3 Å². The van der Waals surface area contributed by atoms with Gasteiger partial charge in [0.15, 0.2) is 0 Å². The Hall–Kier alpha value is -1.03. The molecule has 0 bridgehead atoms. The van der Waals surface area contributed by atoms with Crippen LogP contribution in [0.1, 0.15) is 37.3 Å². The molecule has 1 N–H and O–H groups in total. The lowest BCUT2D eigenvalue weighted by atomic mass is 9.91. The van der Waals surface area contributed by atoms with Crippen molar-refractivity contribution in [1.82, 2.24) is 0 Å². The summed E-state index contributed by atoms with van der Waals surface area (Å²) in [6.07, 6.45) is -4.48. The fourth-order valence-corrected chi connectivity index (χ4v) is 2.02. The van der Waals surface area contributed by atoms with Crippen LogP contribution in [0, 0.1) is 6.92 Å². The Morgan fingerprint density at radius 3 is 2.39 bits per heavy atom. The van der Waals surface area contributed by atoms with E-state index in [0.717, 1.165) is 11.1 Å². The van der Waals surface area contributed by atoms with Gasteiger partial charge in [-0.3, -0.25) is 0 Å². The minimum absolute atomic E-state index is 0.0394. The molecule has 1 unspecified atom stereocenters. The Morgan fingerprint density at radius 1 is 1.17 bits per heavy atom. The number of aliphatic hydroxyl groups is 1. The minimum Gasteiger partial charge on any atom is -0.390 e. The van der Waals surface area contributed by atoms with Crippen LogP contribution < -0.4 is 0 Å². The molecule has 1 aromatic carbocycles. The molecule has 1 nitrogen and oxygen atoms in total. The quantitative estimate of drug-likeness (QED) is 0.847. The maximum atomic E-state index is 12.0. The molecule has 1 rings (SSSR count). The Morgan fingerprint density at radius 2 is 1.83 bits per heavy atom. The van der Waals surface area contributed by atoms with Crippen molar-refractivity contribution < 1.29 is 18.3 Å². The molecule has 0 aliphatic rings. The van der Waals surface area contributed by atoms with Crippen molar-refractivity contribution in [3.05, 3.63) is 35.4 Å². The van der Waals surface area contributed by atoms with Crippen LogP contribution in [0.2, 0.25) is 0 Å². The summed E-state index contributed by atoms with van der Waals surface area (Å²) < 4.78 is 36.1. The van der Waals surface area contributed by atoms with E-state index in [-0.39, 0.29) is 12.8 Å². The van der Waals surface area contributed by atoms with Crippen molar-refractivity contribution in [1.29, 1.82) is 0 Å². The third-order valence-electron chi connectivity index (χ3n) is 2.84. The molecule has 0 aliphatic carbocycles. The molecule has 0 heterocycles. The van der Waals surface area contributed by atoms with Crippen LogP contribution in [0.5, 0.6) is 0 Å². The summed E-state index contributed by atoms with van der Waals surface area (Å²) in [5.41, 5.74) is 0.949. The van der Waals surface area contributed by atoms with Gasteiger partial charge >= 0.3 is 6.18 Å². The Labute approximate surface area is 106 Å². The fraction of sp³-hybridized carbons (Fsp3) is 0.571. The molecular formula is C14H19F3O. The summed E-state index contributed by atoms with van der Waals surface area (Å²) in [5.74, 6) is 0. The van der Waals surface area contributed by atoms with Crippen molar-refractivity contribution in [3.8, 4) is 0 Å². The molecule has 0 saturated carbocycles. The second-order valence-corrected chi connectivity index (χ2v) is 5.13. The van der Waals surface area contributed by atoms with E-state index >= 15 is 0 Å². The highest BCUT2D eigenvalue weighted by Crippen LogP contribution is 2.26. The summed E-state index contributed by atoms with van der Waals surface area (Å²) >= 11 is 0. The zero-order chi connectivity index (χ0) is 13.8. The van der Waals surface area contributed by atoms with Crippen LogP contribution in [0.25, 0.3) is 0 Å². The topological polar surface area (TPSA) is 20.2 Å². The van der Waals surface area contributed by atoms with Crippen LogP contribution in [-0.4, -0.2) is 16.9 Å². The predicted octanol–water partition coefficient (Wildman–Crippen LogP) is 4.02. The van der Waals surface area contributed by atoms with Gasteiger partial charge in [-0.1, -0.05) is 29.8 Å². The van der Waals surface area contributed by atoms with Gasteiger partial charge in [-0.25, -0.2) is 0 Å². The Bertz CT molecular complexity index is 383. The molecule has 0 radical (unpaired) electrons. The molecule has 0 aromatic heterocycles. The molecule has 0 spiro atoms. The van der Waals surface area contributed by atoms with Gasteiger partial charge in [0.05, 0.1) is 5.60 Å². The van der Waals surface area contributed by atoms with E-state index in [2.05, 4.69) is 0 Å². The first-order valence-electron chi connectivity index (χ1n) is 6.03. The number of rotatable bonds is 5. The van der Waals surface area contributed by atoms with E-state index in [1.165, 1.54) is 0 Å². The lowest BCUT2D eigenvalue weighted by molar-refractivity contribution is -0.137.